The van der Waals surface area contributed by atoms with Crippen molar-refractivity contribution in [3.63, 3.8) is 0 Å². The predicted molar refractivity (Wildman–Crippen MR) is 50.6 cm³/mol. The Morgan fingerprint density at radius 1 is 1.54 bits per heavy atom. The number of aromatic carboxylic acids is 1. The van der Waals surface area contributed by atoms with Crippen molar-refractivity contribution in [1.29, 1.82) is 0 Å². The number of hydrogen-bond acceptors (Lipinski definition) is 2. The van der Waals surface area contributed by atoms with Gasteiger partial charge in [-0.3, -0.25) is 0 Å². The highest BCUT2D eigenvalue weighted by atomic mass is 16.4. The molecule has 3 nitrogen and oxygen atoms in total. The molecule has 1 aromatic carbocycles. The summed E-state index contributed by atoms with van der Waals surface area (Å²) in [5.41, 5.74) is 6.78. The number of hydrogen-bond donors (Lipinski definition) is 2. The van der Waals surface area contributed by atoms with Crippen LogP contribution in [0.4, 0.5) is 0 Å². The number of carboxylic acids is 1. The van der Waals surface area contributed by atoms with Gasteiger partial charge in [-0.15, -0.1) is 0 Å². The molecule has 0 amide bonds. The maximum atomic E-state index is 10.8. The van der Waals surface area contributed by atoms with E-state index in [4.69, 9.17) is 10.8 Å². The zero-order valence-electron chi connectivity index (χ0n) is 7.53. The lowest BCUT2D eigenvalue weighted by atomic mass is 9.99. The molecule has 1 aromatic rings. The number of benzene rings is 1. The van der Waals surface area contributed by atoms with Gasteiger partial charge in [0.05, 0.1) is 5.56 Å². The maximum absolute atomic E-state index is 10.8. The normalized spacial score (nSPS) is 12.5. The molecule has 0 fully saturated rings. The van der Waals surface area contributed by atoms with Gasteiger partial charge in [0.1, 0.15) is 0 Å². The summed E-state index contributed by atoms with van der Waals surface area (Å²) in [7, 11) is 0. The van der Waals surface area contributed by atoms with Crippen molar-refractivity contribution in [3.8, 4) is 0 Å². The van der Waals surface area contributed by atoms with Gasteiger partial charge in [0.15, 0.2) is 0 Å². The average Bonchev–Trinajstić information content (AvgIpc) is 2.16. The van der Waals surface area contributed by atoms with E-state index in [1.165, 1.54) is 0 Å². The Kier molecular flexibility index (Phi) is 3.03. The minimum absolute atomic E-state index is 0.188. The fraction of sp³-hybridized carbons (Fsp3) is 0.300. The van der Waals surface area contributed by atoms with Crippen LogP contribution in [-0.2, 0) is 0 Å². The first-order valence-electron chi connectivity index (χ1n) is 4.24. The molecule has 0 saturated heterocycles. The fourth-order valence-electron chi connectivity index (χ4n) is 1.24. The van der Waals surface area contributed by atoms with Gasteiger partial charge in [0.25, 0.3) is 0 Å². The molecule has 3 N–H and O–H groups in total. The summed E-state index contributed by atoms with van der Waals surface area (Å²) in [6.45, 7) is 1.93. The summed E-state index contributed by atoms with van der Waals surface area (Å²) >= 11 is 0. The van der Waals surface area contributed by atoms with E-state index in [0.717, 1.165) is 6.42 Å². The quantitative estimate of drug-likeness (QED) is 0.743. The third-order valence-electron chi connectivity index (χ3n) is 2.03. The lowest BCUT2D eigenvalue weighted by Crippen LogP contribution is -2.13. The van der Waals surface area contributed by atoms with E-state index in [9.17, 15) is 4.79 Å². The van der Waals surface area contributed by atoms with Crippen molar-refractivity contribution in [1.82, 2.24) is 0 Å². The number of carboxylic acid groups (broad SMARTS) is 1. The lowest BCUT2D eigenvalue weighted by Gasteiger charge is -2.11. The molecule has 0 aromatic heterocycles. The van der Waals surface area contributed by atoms with Crippen molar-refractivity contribution in [2.24, 2.45) is 5.73 Å². The molecule has 70 valence electrons. The predicted octanol–water partition coefficient (Wildman–Crippen LogP) is 1.79. The van der Waals surface area contributed by atoms with Crippen LogP contribution in [0.1, 0.15) is 35.3 Å². The summed E-state index contributed by atoms with van der Waals surface area (Å²) in [6, 6.07) is 6.66. The lowest BCUT2D eigenvalue weighted by molar-refractivity contribution is 0.0695. The molecular formula is C10H13NO2. The Hall–Kier alpha value is -1.35. The minimum Gasteiger partial charge on any atom is -0.478 e. The molecule has 0 aliphatic heterocycles. The second kappa shape index (κ2) is 4.05. The SMILES string of the molecule is CC[C@@H](N)c1ccccc1C(=O)O. The Morgan fingerprint density at radius 2 is 2.15 bits per heavy atom. The molecular weight excluding hydrogens is 166 g/mol. The summed E-state index contributed by atoms with van der Waals surface area (Å²) in [4.78, 5) is 10.8. The maximum Gasteiger partial charge on any atom is 0.336 e. The van der Waals surface area contributed by atoms with E-state index in [1.807, 2.05) is 6.92 Å². The average molecular weight is 179 g/mol. The van der Waals surface area contributed by atoms with Crippen LogP contribution in [0, 0.1) is 0 Å². The van der Waals surface area contributed by atoms with Crippen LogP contribution < -0.4 is 5.73 Å². The van der Waals surface area contributed by atoms with Crippen LogP contribution in [0.3, 0.4) is 0 Å². The summed E-state index contributed by atoms with van der Waals surface area (Å²) in [6.07, 6.45) is 0.740. The van der Waals surface area contributed by atoms with Crippen molar-refractivity contribution in [3.05, 3.63) is 35.4 Å². The topological polar surface area (TPSA) is 63.3 Å². The second-order valence-corrected chi connectivity index (χ2v) is 2.91. The van der Waals surface area contributed by atoms with E-state index in [2.05, 4.69) is 0 Å². The van der Waals surface area contributed by atoms with Gasteiger partial charge < -0.3 is 10.8 Å². The van der Waals surface area contributed by atoms with E-state index in [0.29, 0.717) is 11.1 Å². The van der Waals surface area contributed by atoms with Gasteiger partial charge in [-0.05, 0) is 18.1 Å². The molecule has 0 bridgehead atoms. The highest BCUT2D eigenvalue weighted by molar-refractivity contribution is 5.89. The largest absolute Gasteiger partial charge is 0.478 e. The van der Waals surface area contributed by atoms with Crippen LogP contribution >= 0.6 is 0 Å². The van der Waals surface area contributed by atoms with E-state index in [-0.39, 0.29) is 6.04 Å². The fourth-order valence-corrected chi connectivity index (χ4v) is 1.24. The third kappa shape index (κ3) is 2.06. The highest BCUT2D eigenvalue weighted by Gasteiger charge is 2.12. The van der Waals surface area contributed by atoms with Gasteiger partial charge >= 0.3 is 5.97 Å². The van der Waals surface area contributed by atoms with E-state index >= 15 is 0 Å². The van der Waals surface area contributed by atoms with E-state index in [1.54, 1.807) is 24.3 Å². The number of rotatable bonds is 3. The van der Waals surface area contributed by atoms with Crippen molar-refractivity contribution < 1.29 is 9.90 Å². The Labute approximate surface area is 77.2 Å². The molecule has 0 heterocycles. The van der Waals surface area contributed by atoms with E-state index < -0.39 is 5.97 Å². The van der Waals surface area contributed by atoms with Gasteiger partial charge in [0.2, 0.25) is 0 Å². The molecule has 0 aliphatic rings. The van der Waals surface area contributed by atoms with Crippen LogP contribution in [0.2, 0.25) is 0 Å². The highest BCUT2D eigenvalue weighted by Crippen LogP contribution is 2.18. The molecule has 1 rings (SSSR count). The van der Waals surface area contributed by atoms with Crippen LogP contribution in [0.25, 0.3) is 0 Å². The molecule has 0 saturated carbocycles. The third-order valence-corrected chi connectivity index (χ3v) is 2.03. The number of carbonyl (C=O) groups is 1. The first-order valence-corrected chi connectivity index (χ1v) is 4.24. The molecule has 3 heteroatoms. The van der Waals surface area contributed by atoms with Gasteiger partial charge in [-0.25, -0.2) is 4.79 Å². The molecule has 13 heavy (non-hydrogen) atoms. The van der Waals surface area contributed by atoms with Crippen LogP contribution in [0.5, 0.6) is 0 Å². The van der Waals surface area contributed by atoms with Crippen molar-refractivity contribution in [2.45, 2.75) is 19.4 Å². The van der Waals surface area contributed by atoms with Crippen LogP contribution in [0.15, 0.2) is 24.3 Å². The van der Waals surface area contributed by atoms with Crippen molar-refractivity contribution >= 4 is 5.97 Å². The van der Waals surface area contributed by atoms with Gasteiger partial charge in [0, 0.05) is 6.04 Å². The molecule has 0 radical (unpaired) electrons. The molecule has 0 unspecified atom stereocenters. The standard InChI is InChI=1S/C10H13NO2/c1-2-9(11)7-5-3-4-6-8(7)10(12)13/h3-6,9H,2,11H2,1H3,(H,12,13)/t9-/m1/s1. The summed E-state index contributed by atoms with van der Waals surface area (Å²) < 4.78 is 0. The monoisotopic (exact) mass is 179 g/mol. The van der Waals surface area contributed by atoms with Gasteiger partial charge in [-0.1, -0.05) is 25.1 Å². The molecule has 0 aliphatic carbocycles. The first-order chi connectivity index (χ1) is 6.16. The summed E-state index contributed by atoms with van der Waals surface area (Å²) in [5.74, 6) is -0.917. The number of nitrogens with two attached hydrogens (primary N) is 1. The second-order valence-electron chi connectivity index (χ2n) is 2.91. The Balaban J connectivity index is 3.11. The van der Waals surface area contributed by atoms with Gasteiger partial charge in [-0.2, -0.15) is 0 Å². The Morgan fingerprint density at radius 3 is 2.69 bits per heavy atom. The Bertz CT molecular complexity index is 310. The van der Waals surface area contributed by atoms with Crippen LogP contribution in [-0.4, -0.2) is 11.1 Å². The molecule has 0 spiro atoms. The van der Waals surface area contributed by atoms with Crippen molar-refractivity contribution in [2.75, 3.05) is 0 Å². The zero-order chi connectivity index (χ0) is 9.84. The molecule has 1 atom stereocenters. The minimum atomic E-state index is -0.917. The summed E-state index contributed by atoms with van der Waals surface area (Å²) in [5, 5.41) is 8.85. The first kappa shape index (κ1) is 9.74. The smallest absolute Gasteiger partial charge is 0.336 e. The zero-order valence-corrected chi connectivity index (χ0v) is 7.53.